The van der Waals surface area contributed by atoms with Crippen molar-refractivity contribution in [3.05, 3.63) is 41.0 Å². The molecule has 0 aliphatic heterocycles. The van der Waals surface area contributed by atoms with Gasteiger partial charge in [-0.3, -0.25) is 0 Å². The normalized spacial score (nSPS) is 14.5. The van der Waals surface area contributed by atoms with Gasteiger partial charge in [0, 0.05) is 5.57 Å². The molecule has 17 heavy (non-hydrogen) atoms. The van der Waals surface area contributed by atoms with E-state index in [9.17, 15) is 4.79 Å². The Balaban J connectivity index is 1.96. The molecule has 0 spiro atoms. The molecule has 0 amide bonds. The number of carbonyl (C=O) groups is 1. The van der Waals surface area contributed by atoms with Crippen molar-refractivity contribution in [3.8, 4) is 5.75 Å². The maximum atomic E-state index is 10.6. The molecule has 1 N–H and O–H groups in total. The highest BCUT2D eigenvalue weighted by Crippen LogP contribution is 2.25. The monoisotopic (exact) mass is 232 g/mol. The highest BCUT2D eigenvalue weighted by atomic mass is 16.5. The number of fused-ring (bicyclic) bond motifs is 1. The average Bonchev–Trinajstić information content (AvgIpc) is 2.75. The lowest BCUT2D eigenvalue weighted by Gasteiger charge is -2.06. The summed E-state index contributed by atoms with van der Waals surface area (Å²) in [5.41, 5.74) is 3.09. The van der Waals surface area contributed by atoms with Crippen molar-refractivity contribution in [1.82, 2.24) is 0 Å². The lowest BCUT2D eigenvalue weighted by Crippen LogP contribution is -2.01. The summed E-state index contributed by atoms with van der Waals surface area (Å²) in [6.45, 7) is 1.87. The maximum Gasteiger partial charge on any atom is 0.331 e. The first-order valence-corrected chi connectivity index (χ1v) is 5.81. The Bertz CT molecular complexity index is 461. The van der Waals surface area contributed by atoms with E-state index in [0.717, 1.165) is 18.6 Å². The van der Waals surface area contributed by atoms with Crippen LogP contribution in [0.4, 0.5) is 0 Å². The van der Waals surface area contributed by atoms with Gasteiger partial charge in [-0.05, 0) is 55.5 Å². The van der Waals surface area contributed by atoms with E-state index in [1.807, 2.05) is 6.07 Å². The molecule has 1 aromatic rings. The molecule has 0 fully saturated rings. The van der Waals surface area contributed by atoms with Crippen LogP contribution in [-0.2, 0) is 17.6 Å². The van der Waals surface area contributed by atoms with E-state index in [4.69, 9.17) is 9.84 Å². The number of carboxylic acid groups (broad SMARTS) is 1. The van der Waals surface area contributed by atoms with Crippen molar-refractivity contribution >= 4 is 5.97 Å². The fraction of sp³-hybridized carbons (Fsp3) is 0.357. The number of rotatable bonds is 4. The molecule has 3 nitrogen and oxygen atoms in total. The van der Waals surface area contributed by atoms with Crippen molar-refractivity contribution < 1.29 is 14.6 Å². The summed E-state index contributed by atoms with van der Waals surface area (Å²) in [4.78, 5) is 10.6. The van der Waals surface area contributed by atoms with Crippen molar-refractivity contribution in [1.29, 1.82) is 0 Å². The SMILES string of the molecule is CC(=CCOc1ccc2c(c1)CCC2)C(=O)O. The van der Waals surface area contributed by atoms with Gasteiger partial charge in [-0.15, -0.1) is 0 Å². The first kappa shape index (κ1) is 11.7. The lowest BCUT2D eigenvalue weighted by atomic mass is 10.1. The molecule has 0 saturated heterocycles. The Labute approximate surface area is 101 Å². The van der Waals surface area contributed by atoms with Gasteiger partial charge in [-0.1, -0.05) is 6.07 Å². The van der Waals surface area contributed by atoms with Gasteiger partial charge < -0.3 is 9.84 Å². The predicted octanol–water partition coefficient (Wildman–Crippen LogP) is 2.58. The fourth-order valence-electron chi connectivity index (χ4n) is 1.99. The Morgan fingerprint density at radius 2 is 2.18 bits per heavy atom. The molecule has 1 aromatic carbocycles. The summed E-state index contributed by atoms with van der Waals surface area (Å²) in [7, 11) is 0. The van der Waals surface area contributed by atoms with E-state index >= 15 is 0 Å². The zero-order chi connectivity index (χ0) is 12.3. The minimum absolute atomic E-state index is 0.302. The minimum Gasteiger partial charge on any atom is -0.490 e. The predicted molar refractivity (Wildman–Crippen MR) is 65.4 cm³/mol. The molecule has 0 bridgehead atoms. The zero-order valence-corrected chi connectivity index (χ0v) is 9.90. The first-order chi connectivity index (χ1) is 8.16. The molecule has 0 atom stereocenters. The van der Waals surface area contributed by atoms with Crippen LogP contribution in [0.5, 0.6) is 5.75 Å². The summed E-state index contributed by atoms with van der Waals surface area (Å²) in [6, 6.07) is 6.12. The van der Waals surface area contributed by atoms with Crippen LogP contribution in [-0.4, -0.2) is 17.7 Å². The van der Waals surface area contributed by atoms with Gasteiger partial charge in [-0.25, -0.2) is 4.79 Å². The lowest BCUT2D eigenvalue weighted by molar-refractivity contribution is -0.132. The molecule has 1 aliphatic carbocycles. The maximum absolute atomic E-state index is 10.6. The molecule has 2 rings (SSSR count). The van der Waals surface area contributed by atoms with Gasteiger partial charge in [0.25, 0.3) is 0 Å². The Kier molecular flexibility index (Phi) is 3.47. The van der Waals surface area contributed by atoms with Crippen molar-refractivity contribution in [2.24, 2.45) is 0 Å². The number of ether oxygens (including phenoxy) is 1. The molecule has 0 heterocycles. The summed E-state index contributed by atoms with van der Waals surface area (Å²) in [5, 5.41) is 8.68. The van der Waals surface area contributed by atoms with Crippen molar-refractivity contribution in [2.75, 3.05) is 6.61 Å². The van der Waals surface area contributed by atoms with E-state index in [0.29, 0.717) is 12.2 Å². The Hall–Kier alpha value is -1.77. The summed E-state index contributed by atoms with van der Waals surface area (Å²) >= 11 is 0. The quantitative estimate of drug-likeness (QED) is 0.811. The van der Waals surface area contributed by atoms with Crippen LogP contribution in [0.2, 0.25) is 0 Å². The molecule has 1 aliphatic rings. The van der Waals surface area contributed by atoms with E-state index in [1.54, 1.807) is 13.0 Å². The van der Waals surface area contributed by atoms with Crippen LogP contribution >= 0.6 is 0 Å². The number of carboxylic acids is 1. The van der Waals surface area contributed by atoms with Gasteiger partial charge in [-0.2, -0.15) is 0 Å². The molecular weight excluding hydrogens is 216 g/mol. The number of benzene rings is 1. The molecule has 3 heteroatoms. The fourth-order valence-corrected chi connectivity index (χ4v) is 1.99. The smallest absolute Gasteiger partial charge is 0.331 e. The van der Waals surface area contributed by atoms with Crippen molar-refractivity contribution in [3.63, 3.8) is 0 Å². The summed E-state index contributed by atoms with van der Waals surface area (Å²) in [6.07, 6.45) is 5.08. The number of aryl methyl sites for hydroxylation is 2. The third kappa shape index (κ3) is 2.87. The Morgan fingerprint density at radius 1 is 1.41 bits per heavy atom. The minimum atomic E-state index is -0.900. The van der Waals surface area contributed by atoms with Crippen LogP contribution in [0.15, 0.2) is 29.8 Å². The highest BCUT2D eigenvalue weighted by molar-refractivity contribution is 5.85. The van der Waals surface area contributed by atoms with E-state index in [-0.39, 0.29) is 0 Å². The molecule has 0 saturated carbocycles. The average molecular weight is 232 g/mol. The highest BCUT2D eigenvalue weighted by Gasteiger charge is 2.10. The van der Waals surface area contributed by atoms with Crippen LogP contribution in [0.25, 0.3) is 0 Å². The summed E-state index contributed by atoms with van der Waals surface area (Å²) in [5.74, 6) is -0.0809. The third-order valence-corrected chi connectivity index (χ3v) is 3.05. The van der Waals surface area contributed by atoms with Gasteiger partial charge in [0.1, 0.15) is 12.4 Å². The van der Waals surface area contributed by atoms with Crippen LogP contribution in [0, 0.1) is 0 Å². The Morgan fingerprint density at radius 3 is 2.94 bits per heavy atom. The van der Waals surface area contributed by atoms with Crippen LogP contribution < -0.4 is 4.74 Å². The molecule has 0 unspecified atom stereocenters. The van der Waals surface area contributed by atoms with E-state index in [1.165, 1.54) is 17.5 Å². The van der Waals surface area contributed by atoms with Crippen molar-refractivity contribution in [2.45, 2.75) is 26.2 Å². The van der Waals surface area contributed by atoms with E-state index in [2.05, 4.69) is 12.1 Å². The van der Waals surface area contributed by atoms with Crippen LogP contribution in [0.1, 0.15) is 24.5 Å². The largest absolute Gasteiger partial charge is 0.490 e. The second-order valence-electron chi connectivity index (χ2n) is 4.29. The summed E-state index contributed by atoms with van der Waals surface area (Å²) < 4.78 is 5.51. The number of hydrogen-bond donors (Lipinski definition) is 1. The zero-order valence-electron chi connectivity index (χ0n) is 9.90. The van der Waals surface area contributed by atoms with Gasteiger partial charge in [0.05, 0.1) is 0 Å². The second kappa shape index (κ2) is 5.04. The molecule has 90 valence electrons. The third-order valence-electron chi connectivity index (χ3n) is 3.05. The molecular formula is C14H16O3. The number of hydrogen-bond acceptors (Lipinski definition) is 2. The standard InChI is InChI=1S/C14H16O3/c1-10(14(15)16)7-8-17-13-6-5-11-3-2-4-12(11)9-13/h5-7,9H,2-4,8H2,1H3,(H,15,16). The van der Waals surface area contributed by atoms with Gasteiger partial charge in [0.15, 0.2) is 0 Å². The van der Waals surface area contributed by atoms with E-state index < -0.39 is 5.97 Å². The second-order valence-corrected chi connectivity index (χ2v) is 4.29. The molecule has 0 aromatic heterocycles. The number of aliphatic carboxylic acids is 1. The van der Waals surface area contributed by atoms with Gasteiger partial charge in [0.2, 0.25) is 0 Å². The first-order valence-electron chi connectivity index (χ1n) is 5.81. The van der Waals surface area contributed by atoms with Gasteiger partial charge >= 0.3 is 5.97 Å². The topological polar surface area (TPSA) is 46.5 Å². The van der Waals surface area contributed by atoms with Crippen LogP contribution in [0.3, 0.4) is 0 Å². The molecule has 0 radical (unpaired) electrons.